The lowest BCUT2D eigenvalue weighted by molar-refractivity contribution is 0.0318. The summed E-state index contributed by atoms with van der Waals surface area (Å²) >= 11 is 5.60. The number of rotatable bonds is 5. The lowest BCUT2D eigenvalue weighted by Crippen LogP contribution is -2.47. The fraction of sp³-hybridized carbons (Fsp3) is 1.00. The van der Waals surface area contributed by atoms with Crippen molar-refractivity contribution in [1.82, 2.24) is 4.90 Å². The molecule has 2 aliphatic rings. The molecule has 0 aromatic rings. The van der Waals surface area contributed by atoms with Crippen LogP contribution in [0.1, 0.15) is 38.5 Å². The summed E-state index contributed by atoms with van der Waals surface area (Å²) < 4.78 is 5.49. The number of likely N-dealkylation sites (tertiary alicyclic amines) is 1. The Morgan fingerprint density at radius 1 is 1.06 bits per heavy atom. The topological polar surface area (TPSA) is 12.5 Å². The van der Waals surface area contributed by atoms with Crippen LogP contribution >= 0.6 is 11.6 Å². The normalized spacial score (nSPS) is 31.3. The van der Waals surface area contributed by atoms with E-state index in [1.165, 1.54) is 45.1 Å². The zero-order chi connectivity index (χ0) is 11.2. The van der Waals surface area contributed by atoms with Gasteiger partial charge in [-0.2, -0.15) is 0 Å². The number of hydrogen-bond acceptors (Lipinski definition) is 2. The smallest absolute Gasteiger partial charge is 0.0602 e. The van der Waals surface area contributed by atoms with Crippen LogP contribution in [0, 0.1) is 5.92 Å². The molecule has 1 aliphatic heterocycles. The van der Waals surface area contributed by atoms with Crippen molar-refractivity contribution < 1.29 is 4.74 Å². The largest absolute Gasteiger partial charge is 0.379 e. The second-order valence-electron chi connectivity index (χ2n) is 5.09. The van der Waals surface area contributed by atoms with Crippen molar-refractivity contribution in [2.75, 3.05) is 32.2 Å². The van der Waals surface area contributed by atoms with Crippen LogP contribution in [0.25, 0.3) is 0 Å². The monoisotopic (exact) mass is 245 g/mol. The summed E-state index contributed by atoms with van der Waals surface area (Å²) in [5.74, 6) is 1.60. The van der Waals surface area contributed by atoms with Gasteiger partial charge in [0.15, 0.2) is 0 Å². The van der Waals surface area contributed by atoms with E-state index in [1.807, 2.05) is 0 Å². The number of nitrogens with zero attached hydrogens (tertiary/aromatic N) is 1. The van der Waals surface area contributed by atoms with Gasteiger partial charge in [-0.05, 0) is 38.1 Å². The summed E-state index contributed by atoms with van der Waals surface area (Å²) in [6.45, 7) is 3.95. The van der Waals surface area contributed by atoms with Crippen molar-refractivity contribution >= 4 is 11.6 Å². The first-order valence-corrected chi connectivity index (χ1v) is 7.33. The molecule has 0 spiro atoms. The van der Waals surface area contributed by atoms with E-state index in [4.69, 9.17) is 16.3 Å². The van der Waals surface area contributed by atoms with Gasteiger partial charge >= 0.3 is 0 Å². The average molecular weight is 246 g/mol. The minimum Gasteiger partial charge on any atom is -0.379 e. The van der Waals surface area contributed by atoms with E-state index in [0.29, 0.717) is 12.5 Å². The molecule has 0 unspecified atom stereocenters. The number of piperidine rings is 1. The van der Waals surface area contributed by atoms with Crippen LogP contribution in [0.2, 0.25) is 0 Å². The van der Waals surface area contributed by atoms with Crippen LogP contribution in [0.4, 0.5) is 0 Å². The molecule has 0 bridgehead atoms. The van der Waals surface area contributed by atoms with Crippen LogP contribution in [0.3, 0.4) is 0 Å². The Morgan fingerprint density at radius 3 is 2.75 bits per heavy atom. The standard InChI is InChI=1S/C13H24ClNO/c14-7-10-16-11-9-15-8-3-5-12-4-1-2-6-13(12)15/h12-13H,1-11H2/t12-,13-/m1/s1. The molecule has 1 saturated heterocycles. The fourth-order valence-electron chi connectivity index (χ4n) is 3.34. The van der Waals surface area contributed by atoms with Gasteiger partial charge in [0, 0.05) is 18.5 Å². The maximum Gasteiger partial charge on any atom is 0.0602 e. The van der Waals surface area contributed by atoms with E-state index in [9.17, 15) is 0 Å². The van der Waals surface area contributed by atoms with Crippen LogP contribution in [-0.2, 0) is 4.74 Å². The summed E-state index contributed by atoms with van der Waals surface area (Å²) in [5, 5.41) is 0. The predicted molar refractivity (Wildman–Crippen MR) is 68.1 cm³/mol. The van der Waals surface area contributed by atoms with E-state index in [-0.39, 0.29) is 0 Å². The first-order chi connectivity index (χ1) is 7.92. The molecule has 1 aliphatic carbocycles. The minimum atomic E-state index is 0.617. The van der Waals surface area contributed by atoms with Gasteiger partial charge in [-0.15, -0.1) is 11.6 Å². The van der Waals surface area contributed by atoms with E-state index in [0.717, 1.165) is 25.1 Å². The third kappa shape index (κ3) is 3.35. The van der Waals surface area contributed by atoms with Gasteiger partial charge in [0.2, 0.25) is 0 Å². The molecule has 94 valence electrons. The fourth-order valence-corrected chi connectivity index (χ4v) is 3.45. The summed E-state index contributed by atoms with van der Waals surface area (Å²) in [6, 6.07) is 0.863. The minimum absolute atomic E-state index is 0.617. The number of halogens is 1. The summed E-state index contributed by atoms with van der Waals surface area (Å²) in [5.41, 5.74) is 0. The highest BCUT2D eigenvalue weighted by atomic mass is 35.5. The zero-order valence-electron chi connectivity index (χ0n) is 10.2. The first kappa shape index (κ1) is 12.7. The molecule has 2 atom stereocenters. The van der Waals surface area contributed by atoms with Gasteiger partial charge in [-0.25, -0.2) is 0 Å². The van der Waals surface area contributed by atoms with Crippen molar-refractivity contribution in [2.45, 2.75) is 44.6 Å². The quantitative estimate of drug-likeness (QED) is 0.546. The number of ether oxygens (including phenoxy) is 1. The van der Waals surface area contributed by atoms with Crippen molar-refractivity contribution in [1.29, 1.82) is 0 Å². The number of alkyl halides is 1. The van der Waals surface area contributed by atoms with Crippen LogP contribution in [0.5, 0.6) is 0 Å². The SMILES string of the molecule is ClCCOCCN1CCC[C@H]2CCCC[C@H]21. The summed E-state index contributed by atoms with van der Waals surface area (Å²) in [4.78, 5) is 2.67. The Bertz CT molecular complexity index is 198. The lowest BCUT2D eigenvalue weighted by Gasteiger charge is -2.44. The summed E-state index contributed by atoms with van der Waals surface area (Å²) in [7, 11) is 0. The van der Waals surface area contributed by atoms with Gasteiger partial charge in [0.05, 0.1) is 13.2 Å². The molecule has 16 heavy (non-hydrogen) atoms. The molecule has 0 aromatic heterocycles. The van der Waals surface area contributed by atoms with E-state index < -0.39 is 0 Å². The second kappa shape index (κ2) is 6.83. The predicted octanol–water partition coefficient (Wildman–Crippen LogP) is 2.90. The van der Waals surface area contributed by atoms with Crippen LogP contribution in [-0.4, -0.2) is 43.1 Å². The van der Waals surface area contributed by atoms with Gasteiger partial charge in [0.25, 0.3) is 0 Å². The third-order valence-corrected chi connectivity index (χ3v) is 4.26. The van der Waals surface area contributed by atoms with Crippen molar-refractivity contribution in [2.24, 2.45) is 5.92 Å². The maximum atomic E-state index is 5.60. The molecular formula is C13H24ClNO. The highest BCUT2D eigenvalue weighted by molar-refractivity contribution is 6.17. The molecule has 2 fully saturated rings. The molecule has 0 aromatic carbocycles. The molecule has 2 rings (SSSR count). The number of fused-ring (bicyclic) bond motifs is 1. The van der Waals surface area contributed by atoms with Gasteiger partial charge < -0.3 is 4.74 Å². The van der Waals surface area contributed by atoms with Crippen LogP contribution in [0.15, 0.2) is 0 Å². The summed E-state index contributed by atoms with van der Waals surface area (Å²) in [6.07, 6.45) is 8.61. The second-order valence-corrected chi connectivity index (χ2v) is 5.47. The van der Waals surface area contributed by atoms with Crippen LogP contribution < -0.4 is 0 Å². The molecule has 0 N–H and O–H groups in total. The van der Waals surface area contributed by atoms with E-state index in [2.05, 4.69) is 4.90 Å². The molecule has 0 amide bonds. The van der Waals surface area contributed by atoms with Gasteiger partial charge in [0.1, 0.15) is 0 Å². The van der Waals surface area contributed by atoms with Gasteiger partial charge in [-0.3, -0.25) is 4.90 Å². The Hall–Kier alpha value is 0.210. The van der Waals surface area contributed by atoms with Crippen molar-refractivity contribution in [3.8, 4) is 0 Å². The zero-order valence-corrected chi connectivity index (χ0v) is 10.9. The highest BCUT2D eigenvalue weighted by Crippen LogP contribution is 2.34. The highest BCUT2D eigenvalue weighted by Gasteiger charge is 2.32. The van der Waals surface area contributed by atoms with E-state index >= 15 is 0 Å². The Kier molecular flexibility index (Phi) is 5.40. The van der Waals surface area contributed by atoms with Gasteiger partial charge in [-0.1, -0.05) is 12.8 Å². The molecular weight excluding hydrogens is 222 g/mol. The molecule has 1 heterocycles. The lowest BCUT2D eigenvalue weighted by atomic mass is 9.78. The van der Waals surface area contributed by atoms with E-state index in [1.54, 1.807) is 0 Å². The molecule has 1 saturated carbocycles. The molecule has 0 radical (unpaired) electrons. The first-order valence-electron chi connectivity index (χ1n) is 6.79. The third-order valence-electron chi connectivity index (χ3n) is 4.10. The Morgan fingerprint density at radius 2 is 1.88 bits per heavy atom. The maximum absolute atomic E-state index is 5.60. The number of hydrogen-bond donors (Lipinski definition) is 0. The Labute approximate surface area is 104 Å². The van der Waals surface area contributed by atoms with Crippen molar-refractivity contribution in [3.63, 3.8) is 0 Å². The van der Waals surface area contributed by atoms with Crippen molar-refractivity contribution in [3.05, 3.63) is 0 Å². The average Bonchev–Trinajstić information content (AvgIpc) is 2.35. The molecule has 2 nitrogen and oxygen atoms in total. The Balaban J connectivity index is 1.74. The molecule has 3 heteroatoms.